The zero-order valence-electron chi connectivity index (χ0n) is 16.4. The van der Waals surface area contributed by atoms with Crippen LogP contribution in [0.3, 0.4) is 0 Å². The van der Waals surface area contributed by atoms with E-state index >= 15 is 0 Å². The Morgan fingerprint density at radius 2 is 2.03 bits per heavy atom. The van der Waals surface area contributed by atoms with Gasteiger partial charge in [-0.05, 0) is 31.2 Å². The molecule has 8 heteroatoms. The lowest BCUT2D eigenvalue weighted by Gasteiger charge is -2.09. The van der Waals surface area contributed by atoms with E-state index in [9.17, 15) is 4.79 Å². The van der Waals surface area contributed by atoms with Crippen LogP contribution in [0.5, 0.6) is 0 Å². The lowest BCUT2D eigenvalue weighted by atomic mass is 9.97. The van der Waals surface area contributed by atoms with E-state index in [0.717, 1.165) is 46.0 Å². The van der Waals surface area contributed by atoms with Crippen LogP contribution in [-0.2, 0) is 25.1 Å². The summed E-state index contributed by atoms with van der Waals surface area (Å²) < 4.78 is 2.04. The summed E-state index contributed by atoms with van der Waals surface area (Å²) in [7, 11) is 0. The van der Waals surface area contributed by atoms with Crippen molar-refractivity contribution in [3.63, 3.8) is 0 Å². The highest BCUT2D eigenvalue weighted by Gasteiger charge is 2.20. The van der Waals surface area contributed by atoms with Gasteiger partial charge in [0.25, 0.3) is 5.56 Å². The first-order chi connectivity index (χ1) is 14.7. The minimum absolute atomic E-state index is 0.0208. The van der Waals surface area contributed by atoms with Crippen LogP contribution in [-0.4, -0.2) is 24.7 Å². The van der Waals surface area contributed by atoms with E-state index in [2.05, 4.69) is 21.8 Å². The molecule has 30 heavy (non-hydrogen) atoms. The van der Waals surface area contributed by atoms with Gasteiger partial charge in [0.15, 0.2) is 11.0 Å². The SMILES string of the molecule is C=CCn1c(SCc2nc3sc4c(c3c(=O)[nH]2)CCCC4)nnc1-c1ccccc1. The van der Waals surface area contributed by atoms with Crippen LogP contribution in [0, 0.1) is 0 Å². The molecule has 0 atom stereocenters. The van der Waals surface area contributed by atoms with Crippen LogP contribution < -0.4 is 5.56 Å². The lowest BCUT2D eigenvalue weighted by Crippen LogP contribution is -2.12. The Bertz CT molecular complexity index is 1270. The molecule has 0 saturated heterocycles. The molecule has 1 N–H and O–H groups in total. The highest BCUT2D eigenvalue weighted by Crippen LogP contribution is 2.34. The molecule has 5 rings (SSSR count). The van der Waals surface area contributed by atoms with E-state index in [1.165, 1.54) is 28.6 Å². The molecule has 0 unspecified atom stereocenters. The maximum atomic E-state index is 12.8. The van der Waals surface area contributed by atoms with Crippen LogP contribution >= 0.6 is 23.1 Å². The molecule has 152 valence electrons. The van der Waals surface area contributed by atoms with Crippen molar-refractivity contribution in [1.29, 1.82) is 0 Å². The van der Waals surface area contributed by atoms with E-state index in [1.807, 2.05) is 41.0 Å². The molecule has 0 aliphatic heterocycles. The normalized spacial score (nSPS) is 13.5. The van der Waals surface area contributed by atoms with Gasteiger partial charge in [-0.15, -0.1) is 28.1 Å². The molecule has 4 aromatic rings. The van der Waals surface area contributed by atoms with E-state index in [0.29, 0.717) is 18.1 Å². The Kier molecular flexibility index (Phi) is 5.26. The summed E-state index contributed by atoms with van der Waals surface area (Å²) in [6.45, 7) is 4.47. The van der Waals surface area contributed by atoms with E-state index in [4.69, 9.17) is 4.98 Å². The molecule has 6 nitrogen and oxygen atoms in total. The molecule has 1 aliphatic rings. The number of fused-ring (bicyclic) bond motifs is 3. The van der Waals surface area contributed by atoms with Crippen LogP contribution in [0.15, 0.2) is 52.9 Å². The second-order valence-electron chi connectivity index (χ2n) is 7.26. The number of nitrogens with one attached hydrogen (secondary N) is 1. The molecule has 3 aromatic heterocycles. The number of H-pyrrole nitrogens is 1. The van der Waals surface area contributed by atoms with Gasteiger partial charge in [0, 0.05) is 17.0 Å². The summed E-state index contributed by atoms with van der Waals surface area (Å²) >= 11 is 3.20. The number of rotatable bonds is 6. The molecule has 1 aliphatic carbocycles. The summed E-state index contributed by atoms with van der Waals surface area (Å²) in [4.78, 5) is 22.7. The van der Waals surface area contributed by atoms with Crippen molar-refractivity contribution in [1.82, 2.24) is 24.7 Å². The molecule has 3 heterocycles. The summed E-state index contributed by atoms with van der Waals surface area (Å²) in [5, 5.41) is 10.3. The summed E-state index contributed by atoms with van der Waals surface area (Å²) in [5.74, 6) is 2.00. The van der Waals surface area contributed by atoms with Crippen molar-refractivity contribution in [2.45, 2.75) is 43.1 Å². The average molecular weight is 436 g/mol. The Hall–Kier alpha value is -2.71. The third-order valence-corrected chi connectivity index (χ3v) is 7.44. The van der Waals surface area contributed by atoms with Crippen LogP contribution in [0.25, 0.3) is 21.6 Å². The third kappa shape index (κ3) is 3.50. The standard InChI is InChI=1S/C22H21N5OS2/c1-2-12-27-19(14-8-4-3-5-9-14)25-26-22(27)29-13-17-23-20(28)18-15-10-6-7-11-16(15)30-21(18)24-17/h2-5,8-9H,1,6-7,10-13H2,(H,23,24,28). The quantitative estimate of drug-likeness (QED) is 0.354. The molecular weight excluding hydrogens is 414 g/mol. The largest absolute Gasteiger partial charge is 0.309 e. The van der Waals surface area contributed by atoms with Crippen LogP contribution in [0.1, 0.15) is 29.1 Å². The van der Waals surface area contributed by atoms with Gasteiger partial charge in [0.1, 0.15) is 10.7 Å². The fourth-order valence-corrected chi connectivity index (χ4v) is 6.00. The van der Waals surface area contributed by atoms with Crippen LogP contribution in [0.4, 0.5) is 0 Å². The maximum absolute atomic E-state index is 12.8. The van der Waals surface area contributed by atoms with Gasteiger partial charge in [-0.1, -0.05) is 48.2 Å². The molecule has 0 amide bonds. The van der Waals surface area contributed by atoms with Gasteiger partial charge in [0.2, 0.25) is 0 Å². The number of allylic oxidation sites excluding steroid dienone is 1. The number of aryl methyl sites for hydroxylation is 2. The van der Waals surface area contributed by atoms with Crippen molar-refractivity contribution < 1.29 is 0 Å². The third-order valence-electron chi connectivity index (χ3n) is 5.27. The van der Waals surface area contributed by atoms with Gasteiger partial charge in [-0.2, -0.15) is 0 Å². The first-order valence-corrected chi connectivity index (χ1v) is 11.8. The molecule has 0 spiro atoms. The minimum Gasteiger partial charge on any atom is -0.309 e. The van der Waals surface area contributed by atoms with Gasteiger partial charge in [-0.3, -0.25) is 9.36 Å². The van der Waals surface area contributed by atoms with Crippen LogP contribution in [0.2, 0.25) is 0 Å². The summed E-state index contributed by atoms with van der Waals surface area (Å²) in [5.41, 5.74) is 2.20. The highest BCUT2D eigenvalue weighted by molar-refractivity contribution is 7.98. The molecule has 0 bridgehead atoms. The van der Waals surface area contributed by atoms with E-state index in [-0.39, 0.29) is 5.56 Å². The van der Waals surface area contributed by atoms with Crippen molar-refractivity contribution >= 4 is 33.3 Å². The second-order valence-corrected chi connectivity index (χ2v) is 9.29. The van der Waals surface area contributed by atoms with Crippen molar-refractivity contribution in [3.05, 3.63) is 69.6 Å². The maximum Gasteiger partial charge on any atom is 0.259 e. The van der Waals surface area contributed by atoms with Crippen molar-refractivity contribution in [3.8, 4) is 11.4 Å². The van der Waals surface area contributed by atoms with Gasteiger partial charge in [0.05, 0.1) is 11.1 Å². The summed E-state index contributed by atoms with van der Waals surface area (Å²) in [6, 6.07) is 9.99. The number of thioether (sulfide) groups is 1. The topological polar surface area (TPSA) is 76.5 Å². The molecule has 0 fully saturated rings. The monoisotopic (exact) mass is 435 g/mol. The number of benzene rings is 1. The minimum atomic E-state index is -0.0208. The number of thiophene rings is 1. The number of hydrogen-bond donors (Lipinski definition) is 1. The molecule has 1 aromatic carbocycles. The number of nitrogens with zero attached hydrogens (tertiary/aromatic N) is 4. The van der Waals surface area contributed by atoms with Gasteiger partial charge < -0.3 is 4.98 Å². The van der Waals surface area contributed by atoms with E-state index < -0.39 is 0 Å². The Balaban J connectivity index is 1.44. The fourth-order valence-electron chi connectivity index (χ4n) is 3.90. The Morgan fingerprint density at radius 1 is 1.20 bits per heavy atom. The second kappa shape index (κ2) is 8.20. The van der Waals surface area contributed by atoms with Crippen molar-refractivity contribution in [2.24, 2.45) is 0 Å². The molecule has 0 saturated carbocycles. The number of aromatic amines is 1. The van der Waals surface area contributed by atoms with Gasteiger partial charge >= 0.3 is 0 Å². The predicted molar refractivity (Wildman–Crippen MR) is 122 cm³/mol. The summed E-state index contributed by atoms with van der Waals surface area (Å²) in [6.07, 6.45) is 6.23. The zero-order valence-corrected chi connectivity index (χ0v) is 18.1. The number of hydrogen-bond acceptors (Lipinski definition) is 6. The number of aromatic nitrogens is 5. The average Bonchev–Trinajstić information content (AvgIpc) is 3.34. The fraction of sp³-hybridized carbons (Fsp3) is 0.273. The molecular formula is C22H21N5OS2. The van der Waals surface area contributed by atoms with Gasteiger partial charge in [-0.25, -0.2) is 4.98 Å². The Morgan fingerprint density at radius 3 is 2.87 bits per heavy atom. The zero-order chi connectivity index (χ0) is 20.5. The van der Waals surface area contributed by atoms with E-state index in [1.54, 1.807) is 11.3 Å². The van der Waals surface area contributed by atoms with Crippen molar-refractivity contribution in [2.75, 3.05) is 0 Å². The lowest BCUT2D eigenvalue weighted by molar-refractivity contribution is 0.700. The first kappa shape index (κ1) is 19.3. The Labute approximate surface area is 182 Å². The molecule has 0 radical (unpaired) electrons. The highest BCUT2D eigenvalue weighted by atomic mass is 32.2. The first-order valence-electron chi connectivity index (χ1n) is 10.0. The predicted octanol–water partition coefficient (Wildman–Crippen LogP) is 4.60. The smallest absolute Gasteiger partial charge is 0.259 e.